The average Bonchev–Trinajstić information content (AvgIpc) is 3.32. The Bertz CT molecular complexity index is 1040. The molecule has 0 atom stereocenters. The lowest BCUT2D eigenvalue weighted by Crippen LogP contribution is -2.38. The van der Waals surface area contributed by atoms with Crippen LogP contribution < -0.4 is 0 Å². The van der Waals surface area contributed by atoms with Crippen molar-refractivity contribution in [1.82, 2.24) is 14.7 Å². The van der Waals surface area contributed by atoms with Gasteiger partial charge in [-0.2, -0.15) is 5.10 Å². The Kier molecular flexibility index (Phi) is 5.49. The number of para-hydroxylation sites is 1. The van der Waals surface area contributed by atoms with E-state index in [1.807, 2.05) is 48.9 Å². The lowest BCUT2D eigenvalue weighted by molar-refractivity contribution is -0.151. The van der Waals surface area contributed by atoms with Crippen molar-refractivity contribution < 1.29 is 14.3 Å². The van der Waals surface area contributed by atoms with E-state index in [9.17, 15) is 9.59 Å². The molecule has 3 aromatic rings. The van der Waals surface area contributed by atoms with Gasteiger partial charge in [0, 0.05) is 29.2 Å². The van der Waals surface area contributed by atoms with Crippen molar-refractivity contribution >= 4 is 23.2 Å². The summed E-state index contributed by atoms with van der Waals surface area (Å²) in [6.07, 6.45) is 0.968. The Labute approximate surface area is 173 Å². The first kappa shape index (κ1) is 19.4. The van der Waals surface area contributed by atoms with Crippen LogP contribution in [0.1, 0.15) is 27.4 Å². The molecule has 1 aromatic carbocycles. The zero-order valence-corrected chi connectivity index (χ0v) is 17.4. The van der Waals surface area contributed by atoms with Gasteiger partial charge in [-0.3, -0.25) is 9.59 Å². The predicted octanol–water partition coefficient (Wildman–Crippen LogP) is 3.22. The molecule has 0 unspecified atom stereocenters. The molecule has 0 radical (unpaired) electrons. The highest BCUT2D eigenvalue weighted by molar-refractivity contribution is 7.10. The van der Waals surface area contributed by atoms with Crippen molar-refractivity contribution in [3.8, 4) is 5.69 Å². The summed E-state index contributed by atoms with van der Waals surface area (Å²) in [7, 11) is 0. The van der Waals surface area contributed by atoms with Crippen LogP contribution in [-0.2, 0) is 33.7 Å². The van der Waals surface area contributed by atoms with E-state index in [-0.39, 0.29) is 18.9 Å². The van der Waals surface area contributed by atoms with Gasteiger partial charge >= 0.3 is 5.97 Å². The summed E-state index contributed by atoms with van der Waals surface area (Å²) >= 11 is 1.73. The molecule has 6 nitrogen and oxygen atoms in total. The molecule has 1 amide bonds. The zero-order chi connectivity index (χ0) is 20.4. The molecular weight excluding hydrogens is 386 g/mol. The number of amides is 1. The highest BCUT2D eigenvalue weighted by Gasteiger charge is 2.23. The molecular formula is C22H23N3O3S. The van der Waals surface area contributed by atoms with E-state index in [0.717, 1.165) is 29.1 Å². The second kappa shape index (κ2) is 8.21. The van der Waals surface area contributed by atoms with E-state index >= 15 is 0 Å². The molecule has 0 aliphatic carbocycles. The van der Waals surface area contributed by atoms with Crippen LogP contribution >= 0.6 is 11.3 Å². The number of thiophene rings is 1. The number of carbonyl (C=O) groups is 2. The number of carbonyl (C=O) groups excluding carboxylic acids is 2. The van der Waals surface area contributed by atoms with Crippen molar-refractivity contribution in [2.75, 3.05) is 13.2 Å². The minimum Gasteiger partial charge on any atom is -0.455 e. The summed E-state index contributed by atoms with van der Waals surface area (Å²) in [5.74, 6) is -0.561. The fourth-order valence-corrected chi connectivity index (χ4v) is 4.53. The summed E-state index contributed by atoms with van der Waals surface area (Å²) in [5.41, 5.74) is 4.67. The Balaban J connectivity index is 1.36. The molecule has 0 saturated heterocycles. The van der Waals surface area contributed by atoms with Gasteiger partial charge in [-0.1, -0.05) is 18.2 Å². The molecule has 150 valence electrons. The first-order valence-corrected chi connectivity index (χ1v) is 10.5. The Morgan fingerprint density at radius 1 is 1.17 bits per heavy atom. The molecule has 2 aromatic heterocycles. The Hall–Kier alpha value is -2.93. The monoisotopic (exact) mass is 409 g/mol. The highest BCUT2D eigenvalue weighted by atomic mass is 32.1. The molecule has 0 bridgehead atoms. The van der Waals surface area contributed by atoms with Gasteiger partial charge < -0.3 is 9.64 Å². The SMILES string of the molecule is Cc1nn(-c2ccccc2)c(C)c1CC(=O)OCC(=O)N1CCc2sccc2C1. The number of benzene rings is 1. The fraction of sp³-hybridized carbons (Fsp3) is 0.318. The van der Waals surface area contributed by atoms with Crippen molar-refractivity contribution in [1.29, 1.82) is 0 Å². The maximum absolute atomic E-state index is 12.4. The minimum atomic E-state index is -0.412. The number of nitrogens with zero attached hydrogens (tertiary/aromatic N) is 3. The number of hydrogen-bond acceptors (Lipinski definition) is 5. The Morgan fingerprint density at radius 2 is 1.97 bits per heavy atom. The van der Waals surface area contributed by atoms with E-state index in [1.165, 1.54) is 10.4 Å². The topological polar surface area (TPSA) is 64.4 Å². The van der Waals surface area contributed by atoms with Gasteiger partial charge in [0.1, 0.15) is 0 Å². The van der Waals surface area contributed by atoms with E-state index in [0.29, 0.717) is 13.1 Å². The molecule has 0 spiro atoms. The zero-order valence-electron chi connectivity index (χ0n) is 16.6. The smallest absolute Gasteiger partial charge is 0.310 e. The van der Waals surface area contributed by atoms with Gasteiger partial charge in [0.25, 0.3) is 5.91 Å². The van der Waals surface area contributed by atoms with Crippen LogP contribution in [0.5, 0.6) is 0 Å². The second-order valence-corrected chi connectivity index (χ2v) is 8.17. The first-order chi connectivity index (χ1) is 14.0. The van der Waals surface area contributed by atoms with E-state index in [2.05, 4.69) is 16.5 Å². The summed E-state index contributed by atoms with van der Waals surface area (Å²) in [6.45, 7) is 4.87. The van der Waals surface area contributed by atoms with Gasteiger partial charge in [-0.05, 0) is 49.4 Å². The van der Waals surface area contributed by atoms with Crippen molar-refractivity contribution in [2.24, 2.45) is 0 Å². The largest absolute Gasteiger partial charge is 0.455 e. The van der Waals surface area contributed by atoms with Crippen LogP contribution in [0.15, 0.2) is 41.8 Å². The average molecular weight is 410 g/mol. The molecule has 0 fully saturated rings. The van der Waals surface area contributed by atoms with Crippen molar-refractivity contribution in [3.63, 3.8) is 0 Å². The molecule has 1 aliphatic rings. The summed E-state index contributed by atoms with van der Waals surface area (Å²) < 4.78 is 7.12. The second-order valence-electron chi connectivity index (χ2n) is 7.17. The maximum atomic E-state index is 12.4. The third-order valence-corrected chi connectivity index (χ3v) is 6.30. The fourth-order valence-electron chi connectivity index (χ4n) is 3.64. The lowest BCUT2D eigenvalue weighted by Gasteiger charge is -2.26. The summed E-state index contributed by atoms with van der Waals surface area (Å²) in [5, 5.41) is 6.61. The van der Waals surface area contributed by atoms with Crippen LogP contribution in [0.4, 0.5) is 0 Å². The van der Waals surface area contributed by atoms with Crippen LogP contribution in [0.25, 0.3) is 5.69 Å². The van der Waals surface area contributed by atoms with Crippen molar-refractivity contribution in [3.05, 3.63) is 69.2 Å². The third-order valence-electron chi connectivity index (χ3n) is 5.28. The molecule has 4 rings (SSSR count). The number of aryl methyl sites for hydroxylation is 1. The van der Waals surface area contributed by atoms with E-state index in [1.54, 1.807) is 16.2 Å². The van der Waals surface area contributed by atoms with Gasteiger partial charge in [0.15, 0.2) is 6.61 Å². The van der Waals surface area contributed by atoms with Gasteiger partial charge in [-0.15, -0.1) is 11.3 Å². The maximum Gasteiger partial charge on any atom is 0.310 e. The number of esters is 1. The number of aromatic nitrogens is 2. The molecule has 7 heteroatoms. The molecule has 3 heterocycles. The van der Waals surface area contributed by atoms with Gasteiger partial charge in [0.2, 0.25) is 0 Å². The molecule has 1 aliphatic heterocycles. The van der Waals surface area contributed by atoms with Gasteiger partial charge in [0.05, 0.1) is 17.8 Å². The quantitative estimate of drug-likeness (QED) is 0.607. The predicted molar refractivity (Wildman–Crippen MR) is 111 cm³/mol. The number of hydrogen-bond donors (Lipinski definition) is 0. The van der Waals surface area contributed by atoms with Crippen LogP contribution in [0.3, 0.4) is 0 Å². The molecule has 29 heavy (non-hydrogen) atoms. The van der Waals surface area contributed by atoms with Gasteiger partial charge in [-0.25, -0.2) is 4.68 Å². The lowest BCUT2D eigenvalue weighted by atomic mass is 10.1. The van der Waals surface area contributed by atoms with E-state index < -0.39 is 5.97 Å². The third kappa shape index (κ3) is 4.10. The number of fused-ring (bicyclic) bond motifs is 1. The van der Waals surface area contributed by atoms with Crippen LogP contribution in [0, 0.1) is 13.8 Å². The standard InChI is InChI=1S/C22H23N3O3S/c1-15-19(16(2)25(23-15)18-6-4-3-5-7-18)12-22(27)28-14-21(26)24-10-8-20-17(13-24)9-11-29-20/h3-7,9,11H,8,10,12-14H2,1-2H3. The normalized spacial score (nSPS) is 13.2. The van der Waals surface area contributed by atoms with Crippen LogP contribution in [-0.4, -0.2) is 39.7 Å². The summed E-state index contributed by atoms with van der Waals surface area (Å²) in [4.78, 5) is 27.9. The van der Waals surface area contributed by atoms with Crippen molar-refractivity contribution in [2.45, 2.75) is 33.2 Å². The minimum absolute atomic E-state index is 0.104. The van der Waals surface area contributed by atoms with E-state index in [4.69, 9.17) is 4.74 Å². The highest BCUT2D eigenvalue weighted by Crippen LogP contribution is 2.24. The Morgan fingerprint density at radius 3 is 2.76 bits per heavy atom. The molecule has 0 saturated carbocycles. The summed E-state index contributed by atoms with van der Waals surface area (Å²) in [6, 6.07) is 11.8. The number of ether oxygens (including phenoxy) is 1. The first-order valence-electron chi connectivity index (χ1n) is 9.62. The van der Waals surface area contributed by atoms with Crippen LogP contribution in [0.2, 0.25) is 0 Å². The molecule has 0 N–H and O–H groups in total. The number of rotatable bonds is 5.